The maximum absolute atomic E-state index is 12.6. The Labute approximate surface area is 180 Å². The number of carbonyl (C=O) groups excluding carboxylic acids is 1. The van der Waals surface area contributed by atoms with Crippen LogP contribution < -0.4 is 22.2 Å². The average molecular weight is 480 g/mol. The fraction of sp³-hybridized carbons (Fsp3) is 0.250. The summed E-state index contributed by atoms with van der Waals surface area (Å²) >= 11 is 3.44. The van der Waals surface area contributed by atoms with Crippen molar-refractivity contribution in [3.63, 3.8) is 0 Å². The summed E-state index contributed by atoms with van der Waals surface area (Å²) in [4.78, 5) is 39.9. The maximum Gasteiger partial charge on any atom is 0.317 e. The molecule has 7 nitrogen and oxygen atoms in total. The molecule has 0 spiro atoms. The molecule has 4 N–H and O–H groups in total. The number of aromatic amines is 1. The van der Waals surface area contributed by atoms with Crippen molar-refractivity contribution in [1.82, 2.24) is 9.55 Å². The van der Waals surface area contributed by atoms with Crippen LogP contribution in [0.5, 0.6) is 0 Å². The van der Waals surface area contributed by atoms with Crippen LogP contribution in [0.3, 0.4) is 0 Å². The Morgan fingerprint density at radius 1 is 1.24 bits per heavy atom. The van der Waals surface area contributed by atoms with Crippen molar-refractivity contribution < 1.29 is 4.79 Å². The minimum absolute atomic E-state index is 0. The number of amides is 1. The normalized spacial score (nSPS) is 15.0. The molecular weight excluding hydrogens is 460 g/mol. The molecule has 1 aliphatic heterocycles. The van der Waals surface area contributed by atoms with Gasteiger partial charge >= 0.3 is 11.1 Å². The second-order valence-electron chi connectivity index (χ2n) is 6.94. The van der Waals surface area contributed by atoms with Crippen LogP contribution in [0.15, 0.2) is 50.5 Å². The topological polar surface area (TPSA) is 110 Å². The molecule has 1 aliphatic rings. The molecule has 152 valence electrons. The van der Waals surface area contributed by atoms with Crippen LogP contribution in [-0.2, 0) is 17.8 Å². The number of H-pyrrole nitrogens is 1. The predicted molar refractivity (Wildman–Crippen MR) is 119 cm³/mol. The SMILES string of the molecule is Cl.NCc1ccc(NC(=O)CC2CCc3cc(Br)cc4[nH]c(=O)c(=O)n2c34)cc1. The molecule has 2 aromatic carbocycles. The second kappa shape index (κ2) is 8.52. The van der Waals surface area contributed by atoms with E-state index in [4.69, 9.17) is 5.73 Å². The summed E-state index contributed by atoms with van der Waals surface area (Å²) in [7, 11) is 0. The Kier molecular flexibility index (Phi) is 6.26. The van der Waals surface area contributed by atoms with Crippen molar-refractivity contribution in [2.24, 2.45) is 5.73 Å². The van der Waals surface area contributed by atoms with E-state index in [1.807, 2.05) is 18.2 Å². The Morgan fingerprint density at radius 3 is 2.66 bits per heavy atom. The van der Waals surface area contributed by atoms with Crippen LogP contribution in [0.25, 0.3) is 11.0 Å². The van der Waals surface area contributed by atoms with Gasteiger partial charge in [0.1, 0.15) is 0 Å². The fourth-order valence-electron chi connectivity index (χ4n) is 3.76. The first-order chi connectivity index (χ1) is 13.5. The van der Waals surface area contributed by atoms with Crippen molar-refractivity contribution in [3.8, 4) is 0 Å². The number of aryl methyl sites for hydroxylation is 1. The van der Waals surface area contributed by atoms with Gasteiger partial charge in [-0.2, -0.15) is 0 Å². The van der Waals surface area contributed by atoms with E-state index in [9.17, 15) is 14.4 Å². The van der Waals surface area contributed by atoms with E-state index in [1.165, 1.54) is 4.57 Å². The van der Waals surface area contributed by atoms with Gasteiger partial charge < -0.3 is 16.0 Å². The molecular formula is C20H20BrClN4O3. The zero-order valence-corrected chi connectivity index (χ0v) is 17.8. The minimum Gasteiger partial charge on any atom is -0.326 e. The molecule has 0 saturated carbocycles. The zero-order chi connectivity index (χ0) is 19.8. The molecule has 0 aliphatic carbocycles. The standard InChI is InChI=1S/C20H19BrN4O3.ClH/c21-13-7-12-3-6-15(25-18(12)16(8-13)24-19(27)20(25)28)9-17(26)23-14-4-1-11(10-22)2-5-14;/h1-2,4-5,7-8,15H,3,6,9-10,22H2,(H,23,26)(H,24,27);1H. The van der Waals surface area contributed by atoms with Crippen molar-refractivity contribution >= 4 is 51.0 Å². The maximum atomic E-state index is 12.6. The molecule has 0 bridgehead atoms. The Balaban J connectivity index is 0.00000240. The number of halogens is 2. The van der Waals surface area contributed by atoms with Crippen LogP contribution in [0.4, 0.5) is 5.69 Å². The largest absolute Gasteiger partial charge is 0.326 e. The Hall–Kier alpha value is -2.42. The van der Waals surface area contributed by atoms with Gasteiger partial charge in [-0.05, 0) is 48.2 Å². The monoisotopic (exact) mass is 478 g/mol. The van der Waals surface area contributed by atoms with E-state index < -0.39 is 11.1 Å². The number of hydrogen-bond donors (Lipinski definition) is 3. The van der Waals surface area contributed by atoms with Crippen molar-refractivity contribution in [2.45, 2.75) is 31.8 Å². The molecule has 1 aromatic heterocycles. The molecule has 29 heavy (non-hydrogen) atoms. The molecule has 4 rings (SSSR count). The van der Waals surface area contributed by atoms with Gasteiger partial charge in [-0.25, -0.2) is 0 Å². The highest BCUT2D eigenvalue weighted by atomic mass is 79.9. The number of hydrogen-bond acceptors (Lipinski definition) is 4. The number of anilines is 1. The molecule has 1 amide bonds. The van der Waals surface area contributed by atoms with Crippen LogP contribution in [0.1, 0.15) is 30.0 Å². The fourth-order valence-corrected chi connectivity index (χ4v) is 4.26. The first-order valence-corrected chi connectivity index (χ1v) is 9.81. The van der Waals surface area contributed by atoms with Gasteiger partial charge in [0.05, 0.1) is 11.0 Å². The summed E-state index contributed by atoms with van der Waals surface area (Å²) in [5, 5.41) is 2.85. The Morgan fingerprint density at radius 2 is 1.97 bits per heavy atom. The summed E-state index contributed by atoms with van der Waals surface area (Å²) in [6, 6.07) is 10.7. The predicted octanol–water partition coefficient (Wildman–Crippen LogP) is 2.85. The molecule has 9 heteroatoms. The number of benzene rings is 2. The van der Waals surface area contributed by atoms with E-state index in [0.717, 1.165) is 22.0 Å². The van der Waals surface area contributed by atoms with Gasteiger partial charge in [0.25, 0.3) is 0 Å². The molecule has 1 unspecified atom stereocenters. The number of nitrogens with one attached hydrogen (secondary N) is 2. The smallest absolute Gasteiger partial charge is 0.317 e. The molecule has 0 fully saturated rings. The highest BCUT2D eigenvalue weighted by molar-refractivity contribution is 9.10. The highest BCUT2D eigenvalue weighted by Gasteiger charge is 2.26. The number of nitrogens with zero attached hydrogens (tertiary/aromatic N) is 1. The van der Waals surface area contributed by atoms with Gasteiger partial charge in [-0.15, -0.1) is 12.4 Å². The third-order valence-corrected chi connectivity index (χ3v) is 5.52. The van der Waals surface area contributed by atoms with E-state index in [0.29, 0.717) is 29.7 Å². The minimum atomic E-state index is -0.679. The van der Waals surface area contributed by atoms with E-state index in [1.54, 1.807) is 18.2 Å². The average Bonchev–Trinajstić information content (AvgIpc) is 2.67. The third-order valence-electron chi connectivity index (χ3n) is 5.06. The van der Waals surface area contributed by atoms with Crippen molar-refractivity contribution in [2.75, 3.05) is 5.32 Å². The van der Waals surface area contributed by atoms with Gasteiger partial charge in [0, 0.05) is 29.2 Å². The third kappa shape index (κ3) is 4.14. The van der Waals surface area contributed by atoms with Gasteiger partial charge in [0.15, 0.2) is 0 Å². The van der Waals surface area contributed by atoms with Gasteiger partial charge in [0.2, 0.25) is 5.91 Å². The molecule has 0 saturated heterocycles. The lowest BCUT2D eigenvalue weighted by Gasteiger charge is -2.27. The van der Waals surface area contributed by atoms with Crippen molar-refractivity contribution in [3.05, 3.63) is 72.7 Å². The van der Waals surface area contributed by atoms with Crippen LogP contribution in [0.2, 0.25) is 0 Å². The number of carbonyl (C=O) groups is 1. The summed E-state index contributed by atoms with van der Waals surface area (Å²) in [6.07, 6.45) is 1.46. The lowest BCUT2D eigenvalue weighted by Crippen LogP contribution is -2.41. The van der Waals surface area contributed by atoms with E-state index >= 15 is 0 Å². The first-order valence-electron chi connectivity index (χ1n) is 9.02. The summed E-state index contributed by atoms with van der Waals surface area (Å²) in [5.41, 5.74) is 8.20. The summed E-state index contributed by atoms with van der Waals surface area (Å²) < 4.78 is 2.32. The van der Waals surface area contributed by atoms with Crippen LogP contribution in [-0.4, -0.2) is 15.5 Å². The van der Waals surface area contributed by atoms with Crippen LogP contribution in [0, 0.1) is 0 Å². The Bertz CT molecular complexity index is 1190. The second-order valence-corrected chi connectivity index (χ2v) is 7.85. The molecule has 1 atom stereocenters. The van der Waals surface area contributed by atoms with Crippen molar-refractivity contribution in [1.29, 1.82) is 0 Å². The zero-order valence-electron chi connectivity index (χ0n) is 15.4. The number of nitrogens with two attached hydrogens (primary N) is 1. The highest BCUT2D eigenvalue weighted by Crippen LogP contribution is 2.32. The summed E-state index contributed by atoms with van der Waals surface area (Å²) in [6.45, 7) is 0.438. The lowest BCUT2D eigenvalue weighted by atomic mass is 9.96. The van der Waals surface area contributed by atoms with Gasteiger partial charge in [-0.1, -0.05) is 28.1 Å². The summed E-state index contributed by atoms with van der Waals surface area (Å²) in [5.74, 6) is -0.202. The number of aromatic nitrogens is 2. The first kappa shape index (κ1) is 21.3. The lowest BCUT2D eigenvalue weighted by molar-refractivity contribution is -0.117. The van der Waals surface area contributed by atoms with E-state index in [-0.39, 0.29) is 30.8 Å². The number of rotatable bonds is 4. The van der Waals surface area contributed by atoms with E-state index in [2.05, 4.69) is 26.2 Å². The quantitative estimate of drug-likeness (QED) is 0.500. The molecule has 0 radical (unpaired) electrons. The van der Waals surface area contributed by atoms with Crippen LogP contribution >= 0.6 is 28.3 Å². The van der Waals surface area contributed by atoms with Gasteiger partial charge in [-0.3, -0.25) is 19.0 Å². The molecule has 2 heterocycles. The molecule has 3 aromatic rings.